The van der Waals surface area contributed by atoms with Gasteiger partial charge in [0.2, 0.25) is 5.91 Å². The number of aromatic nitrogens is 2. The number of imidazole rings is 1. The Morgan fingerprint density at radius 1 is 1.08 bits per heavy atom. The van der Waals surface area contributed by atoms with Crippen molar-refractivity contribution in [3.8, 4) is 0 Å². The number of amides is 1. The highest BCUT2D eigenvalue weighted by Crippen LogP contribution is 2.18. The Kier molecular flexibility index (Phi) is 5.06. The van der Waals surface area contributed by atoms with E-state index in [-0.39, 0.29) is 12.5 Å². The maximum absolute atomic E-state index is 12.2. The van der Waals surface area contributed by atoms with E-state index in [1.54, 1.807) is 0 Å². The molecular weight excluding hydrogens is 298 g/mol. The lowest BCUT2D eigenvalue weighted by Gasteiger charge is -2.07. The minimum atomic E-state index is 0.00867. The lowest BCUT2D eigenvalue weighted by Crippen LogP contribution is -2.28. The Morgan fingerprint density at radius 3 is 2.62 bits per heavy atom. The molecule has 3 rings (SSSR count). The molecule has 0 spiro atoms. The summed E-state index contributed by atoms with van der Waals surface area (Å²) in [5.41, 5.74) is 2.97. The van der Waals surface area contributed by atoms with E-state index in [0.29, 0.717) is 6.54 Å². The van der Waals surface area contributed by atoms with E-state index in [9.17, 15) is 4.79 Å². The molecular formula is C20H21N3O. The summed E-state index contributed by atoms with van der Waals surface area (Å²) in [4.78, 5) is 16.8. The molecule has 4 heteroatoms. The molecule has 1 N–H and O–H groups in total. The smallest absolute Gasteiger partial charge is 0.240 e. The number of para-hydroxylation sites is 2. The molecule has 3 aromatic rings. The van der Waals surface area contributed by atoms with Crippen molar-refractivity contribution in [3.63, 3.8) is 0 Å². The summed E-state index contributed by atoms with van der Waals surface area (Å²) in [7, 11) is 0. The molecule has 0 saturated carbocycles. The maximum atomic E-state index is 12.2. The van der Waals surface area contributed by atoms with Gasteiger partial charge in [-0.1, -0.05) is 55.5 Å². The summed E-state index contributed by atoms with van der Waals surface area (Å²) in [6.07, 6.45) is 4.90. The van der Waals surface area contributed by atoms with Crippen LogP contribution >= 0.6 is 0 Å². The van der Waals surface area contributed by atoms with Crippen LogP contribution in [0.1, 0.15) is 24.7 Å². The van der Waals surface area contributed by atoms with Gasteiger partial charge in [0.15, 0.2) is 0 Å². The maximum Gasteiger partial charge on any atom is 0.240 e. The molecule has 0 bridgehead atoms. The molecule has 4 nitrogen and oxygen atoms in total. The molecule has 0 fully saturated rings. The van der Waals surface area contributed by atoms with Crippen molar-refractivity contribution < 1.29 is 4.79 Å². The van der Waals surface area contributed by atoms with Gasteiger partial charge in [-0.2, -0.15) is 0 Å². The molecule has 0 saturated heterocycles. The van der Waals surface area contributed by atoms with Gasteiger partial charge in [-0.05, 0) is 30.2 Å². The Hall–Kier alpha value is -2.88. The van der Waals surface area contributed by atoms with E-state index in [2.05, 4.69) is 10.3 Å². The zero-order valence-corrected chi connectivity index (χ0v) is 13.8. The molecule has 1 aromatic heterocycles. The molecule has 122 valence electrons. The number of nitrogens with zero attached hydrogens (tertiary/aromatic N) is 2. The quantitative estimate of drug-likeness (QED) is 0.752. The fourth-order valence-corrected chi connectivity index (χ4v) is 2.59. The van der Waals surface area contributed by atoms with E-state index in [1.165, 1.54) is 0 Å². The predicted octanol–water partition coefficient (Wildman–Crippen LogP) is 3.73. The molecule has 0 radical (unpaired) electrons. The number of nitrogens with one attached hydrogen (secondary N) is 1. The van der Waals surface area contributed by atoms with E-state index in [1.807, 2.05) is 78.2 Å². The number of carbonyl (C=O) groups excluding carboxylic acids is 1. The predicted molar refractivity (Wildman–Crippen MR) is 98.4 cm³/mol. The van der Waals surface area contributed by atoms with Gasteiger partial charge in [0.25, 0.3) is 0 Å². The van der Waals surface area contributed by atoms with Crippen molar-refractivity contribution in [2.45, 2.75) is 19.9 Å². The number of fused-ring (bicyclic) bond motifs is 1. The molecule has 1 heterocycles. The van der Waals surface area contributed by atoms with Crippen LogP contribution < -0.4 is 5.32 Å². The lowest BCUT2D eigenvalue weighted by molar-refractivity contribution is -0.121. The van der Waals surface area contributed by atoms with Crippen LogP contribution in [0.5, 0.6) is 0 Å². The van der Waals surface area contributed by atoms with Crippen LogP contribution in [-0.2, 0) is 11.3 Å². The Labute approximate surface area is 141 Å². The normalized spacial score (nSPS) is 11.2. The second-order valence-electron chi connectivity index (χ2n) is 5.64. The highest BCUT2D eigenvalue weighted by atomic mass is 16.1. The molecule has 2 aromatic carbocycles. The van der Waals surface area contributed by atoms with Gasteiger partial charge in [-0.15, -0.1) is 0 Å². The van der Waals surface area contributed by atoms with Gasteiger partial charge in [0.05, 0.1) is 11.0 Å². The molecule has 1 amide bonds. The first-order valence-electron chi connectivity index (χ1n) is 8.23. The summed E-state index contributed by atoms with van der Waals surface area (Å²) in [5, 5.41) is 2.92. The third kappa shape index (κ3) is 3.71. The molecule has 0 atom stereocenters. The largest absolute Gasteiger partial charge is 0.355 e. The lowest BCUT2D eigenvalue weighted by atomic mass is 10.2. The van der Waals surface area contributed by atoms with Gasteiger partial charge in [0, 0.05) is 6.54 Å². The molecule has 0 unspecified atom stereocenters. The number of hydrogen-bond acceptors (Lipinski definition) is 2. The molecule has 0 aliphatic heterocycles. The topological polar surface area (TPSA) is 46.9 Å². The first-order chi connectivity index (χ1) is 11.8. The zero-order chi connectivity index (χ0) is 16.8. The van der Waals surface area contributed by atoms with Gasteiger partial charge in [-0.3, -0.25) is 4.79 Å². The van der Waals surface area contributed by atoms with Gasteiger partial charge < -0.3 is 9.88 Å². The summed E-state index contributed by atoms with van der Waals surface area (Å²) < 4.78 is 1.96. The van der Waals surface area contributed by atoms with Crippen molar-refractivity contribution in [1.82, 2.24) is 14.9 Å². The van der Waals surface area contributed by atoms with Crippen molar-refractivity contribution >= 4 is 29.1 Å². The SMILES string of the molecule is CCCNC(=O)Cn1c(/C=C/c2ccccc2)nc2ccccc21. The van der Waals surface area contributed by atoms with Gasteiger partial charge in [-0.25, -0.2) is 4.98 Å². The number of carbonyl (C=O) groups is 1. The summed E-state index contributed by atoms with van der Waals surface area (Å²) in [5.74, 6) is 0.793. The number of benzene rings is 2. The molecule has 0 aliphatic rings. The van der Waals surface area contributed by atoms with Crippen LogP contribution in [-0.4, -0.2) is 22.0 Å². The first kappa shape index (κ1) is 16.0. The number of hydrogen-bond donors (Lipinski definition) is 1. The van der Waals surface area contributed by atoms with Crippen molar-refractivity contribution in [2.75, 3.05) is 6.54 Å². The zero-order valence-electron chi connectivity index (χ0n) is 13.8. The van der Waals surface area contributed by atoms with Crippen molar-refractivity contribution in [1.29, 1.82) is 0 Å². The van der Waals surface area contributed by atoms with Crippen LogP contribution in [0.4, 0.5) is 0 Å². The third-order valence-electron chi connectivity index (χ3n) is 3.78. The van der Waals surface area contributed by atoms with E-state index < -0.39 is 0 Å². The van der Waals surface area contributed by atoms with E-state index in [0.717, 1.165) is 28.8 Å². The standard InChI is InChI=1S/C20H21N3O/c1-2-14-21-20(24)15-23-18-11-7-6-10-17(18)22-19(23)13-12-16-8-4-3-5-9-16/h3-13H,2,14-15H2,1H3,(H,21,24)/b13-12+. The Morgan fingerprint density at radius 2 is 1.83 bits per heavy atom. The van der Waals surface area contributed by atoms with Gasteiger partial charge >= 0.3 is 0 Å². The number of rotatable bonds is 6. The van der Waals surface area contributed by atoms with E-state index in [4.69, 9.17) is 0 Å². The second-order valence-corrected chi connectivity index (χ2v) is 5.64. The minimum absolute atomic E-state index is 0.00867. The van der Waals surface area contributed by atoms with Crippen LogP contribution in [0.3, 0.4) is 0 Å². The van der Waals surface area contributed by atoms with Crippen molar-refractivity contribution in [3.05, 3.63) is 66.0 Å². The highest BCUT2D eigenvalue weighted by Gasteiger charge is 2.11. The summed E-state index contributed by atoms with van der Waals surface area (Å²) >= 11 is 0. The summed E-state index contributed by atoms with van der Waals surface area (Å²) in [6, 6.07) is 18.0. The Balaban J connectivity index is 1.93. The van der Waals surface area contributed by atoms with Crippen LogP contribution in [0.2, 0.25) is 0 Å². The Bertz CT molecular complexity index is 850. The monoisotopic (exact) mass is 319 g/mol. The second kappa shape index (κ2) is 7.59. The van der Waals surface area contributed by atoms with Crippen LogP contribution in [0.15, 0.2) is 54.6 Å². The average Bonchev–Trinajstić information content (AvgIpc) is 2.97. The van der Waals surface area contributed by atoms with Gasteiger partial charge in [0.1, 0.15) is 12.4 Å². The average molecular weight is 319 g/mol. The first-order valence-corrected chi connectivity index (χ1v) is 8.23. The third-order valence-corrected chi connectivity index (χ3v) is 3.78. The fourth-order valence-electron chi connectivity index (χ4n) is 2.59. The van der Waals surface area contributed by atoms with E-state index >= 15 is 0 Å². The summed E-state index contributed by atoms with van der Waals surface area (Å²) in [6.45, 7) is 3.01. The molecule has 24 heavy (non-hydrogen) atoms. The highest BCUT2D eigenvalue weighted by molar-refractivity contribution is 5.83. The van der Waals surface area contributed by atoms with Crippen molar-refractivity contribution in [2.24, 2.45) is 0 Å². The minimum Gasteiger partial charge on any atom is -0.355 e. The van der Waals surface area contributed by atoms with Crippen LogP contribution in [0.25, 0.3) is 23.2 Å². The molecule has 0 aliphatic carbocycles. The fraction of sp³-hybridized carbons (Fsp3) is 0.200. The van der Waals surface area contributed by atoms with Crippen LogP contribution in [0, 0.1) is 0 Å².